The van der Waals surface area contributed by atoms with Crippen molar-refractivity contribution in [2.24, 2.45) is 0 Å². The predicted molar refractivity (Wildman–Crippen MR) is 78.4 cm³/mol. The van der Waals surface area contributed by atoms with Crippen LogP contribution in [-0.2, 0) is 4.79 Å². The molecule has 0 bridgehead atoms. The Morgan fingerprint density at radius 3 is 2.89 bits per heavy atom. The zero-order chi connectivity index (χ0) is 13.2. The van der Waals surface area contributed by atoms with Crippen molar-refractivity contribution in [3.05, 3.63) is 59.4 Å². The Balaban J connectivity index is 2.00. The molecule has 1 fully saturated rings. The minimum atomic E-state index is -0.0767. The summed E-state index contributed by atoms with van der Waals surface area (Å²) in [6, 6.07) is 13.1. The largest absolute Gasteiger partial charge is 0.293 e. The topological polar surface area (TPSA) is 33.2 Å². The molecule has 1 aliphatic heterocycles. The van der Waals surface area contributed by atoms with Gasteiger partial charge in [-0.2, -0.15) is 0 Å². The predicted octanol–water partition coefficient (Wildman–Crippen LogP) is 3.51. The van der Waals surface area contributed by atoms with Crippen LogP contribution in [0.4, 0.5) is 5.69 Å². The van der Waals surface area contributed by atoms with Gasteiger partial charge in [-0.1, -0.05) is 23.7 Å². The third kappa shape index (κ3) is 2.46. The highest BCUT2D eigenvalue weighted by molar-refractivity contribution is 8.00. The van der Waals surface area contributed by atoms with Crippen LogP contribution >= 0.6 is 23.4 Å². The van der Waals surface area contributed by atoms with Crippen molar-refractivity contribution in [3.63, 3.8) is 0 Å². The van der Waals surface area contributed by atoms with E-state index in [4.69, 9.17) is 11.6 Å². The highest BCUT2D eigenvalue weighted by atomic mass is 35.5. The smallest absolute Gasteiger partial charge is 0.238 e. The van der Waals surface area contributed by atoms with Crippen molar-refractivity contribution in [2.75, 3.05) is 10.7 Å². The summed E-state index contributed by atoms with van der Waals surface area (Å²) in [5.41, 5.74) is 1.71. The van der Waals surface area contributed by atoms with Crippen molar-refractivity contribution < 1.29 is 4.79 Å². The van der Waals surface area contributed by atoms with Crippen LogP contribution in [0.3, 0.4) is 0 Å². The van der Waals surface area contributed by atoms with E-state index in [1.54, 1.807) is 35.0 Å². The molecule has 1 amide bonds. The van der Waals surface area contributed by atoms with E-state index in [1.165, 1.54) is 0 Å². The third-order valence-electron chi connectivity index (χ3n) is 2.90. The fraction of sp³-hybridized carbons (Fsp3) is 0.143. The van der Waals surface area contributed by atoms with E-state index in [1.807, 2.05) is 30.3 Å². The minimum Gasteiger partial charge on any atom is -0.293 e. The van der Waals surface area contributed by atoms with Crippen LogP contribution in [0, 0.1) is 0 Å². The number of nitrogens with zero attached hydrogens (tertiary/aromatic N) is 2. The standard InChI is InChI=1S/C14H11ClN2OS/c15-10-4-3-5-11(8-10)17-13(18)9-19-14(17)12-6-1-2-7-16-12/h1-8,14H,9H2/t14-/m0/s1. The summed E-state index contributed by atoms with van der Waals surface area (Å²) in [7, 11) is 0. The van der Waals surface area contributed by atoms with Crippen LogP contribution in [0.2, 0.25) is 5.02 Å². The molecule has 0 unspecified atom stereocenters. The lowest BCUT2D eigenvalue weighted by Gasteiger charge is -2.23. The van der Waals surface area contributed by atoms with Gasteiger partial charge in [0.25, 0.3) is 0 Å². The normalized spacial score (nSPS) is 18.9. The first-order valence-corrected chi connectivity index (χ1v) is 7.28. The SMILES string of the molecule is O=C1CS[C@@H](c2ccccn2)N1c1cccc(Cl)c1. The Morgan fingerprint density at radius 1 is 1.26 bits per heavy atom. The van der Waals surface area contributed by atoms with Gasteiger partial charge in [-0.25, -0.2) is 0 Å². The number of halogens is 1. The van der Waals surface area contributed by atoms with Crippen LogP contribution in [-0.4, -0.2) is 16.6 Å². The zero-order valence-corrected chi connectivity index (χ0v) is 11.6. The number of pyridine rings is 1. The van der Waals surface area contributed by atoms with Crippen molar-refractivity contribution in [1.82, 2.24) is 4.98 Å². The van der Waals surface area contributed by atoms with Gasteiger partial charge < -0.3 is 0 Å². The van der Waals surface area contributed by atoms with Gasteiger partial charge in [0.2, 0.25) is 5.91 Å². The van der Waals surface area contributed by atoms with Crippen molar-refractivity contribution in [3.8, 4) is 0 Å². The molecule has 0 spiro atoms. The summed E-state index contributed by atoms with van der Waals surface area (Å²) in [5.74, 6) is 0.552. The molecule has 3 nitrogen and oxygen atoms in total. The van der Waals surface area contributed by atoms with E-state index < -0.39 is 0 Å². The highest BCUT2D eigenvalue weighted by Crippen LogP contribution is 2.41. The second kappa shape index (κ2) is 5.23. The first-order chi connectivity index (χ1) is 9.25. The molecule has 1 aliphatic rings. The average Bonchev–Trinajstić information content (AvgIpc) is 2.82. The molecule has 1 aromatic carbocycles. The molecule has 0 aliphatic carbocycles. The van der Waals surface area contributed by atoms with E-state index in [0.717, 1.165) is 11.4 Å². The fourth-order valence-corrected chi connectivity index (χ4v) is 3.39. The lowest BCUT2D eigenvalue weighted by Crippen LogP contribution is -2.28. The lowest BCUT2D eigenvalue weighted by atomic mass is 10.2. The van der Waals surface area contributed by atoms with Gasteiger partial charge in [0.15, 0.2) is 0 Å². The van der Waals surface area contributed by atoms with Crippen molar-refractivity contribution in [2.45, 2.75) is 5.37 Å². The number of aromatic nitrogens is 1. The van der Waals surface area contributed by atoms with Gasteiger partial charge in [-0.05, 0) is 30.3 Å². The number of thioether (sulfide) groups is 1. The summed E-state index contributed by atoms with van der Waals surface area (Å²) in [5, 5.41) is 0.550. The van der Waals surface area contributed by atoms with Gasteiger partial charge in [0.1, 0.15) is 5.37 Å². The number of hydrogen-bond donors (Lipinski definition) is 0. The molecule has 2 aromatic rings. The van der Waals surface area contributed by atoms with Crippen LogP contribution < -0.4 is 4.90 Å². The maximum absolute atomic E-state index is 12.1. The second-order valence-corrected chi connectivity index (χ2v) is 5.67. The first kappa shape index (κ1) is 12.5. The number of anilines is 1. The summed E-state index contributed by atoms with van der Waals surface area (Å²) >= 11 is 7.59. The summed E-state index contributed by atoms with van der Waals surface area (Å²) < 4.78 is 0. The molecule has 1 aromatic heterocycles. The molecule has 0 N–H and O–H groups in total. The lowest BCUT2D eigenvalue weighted by molar-refractivity contribution is -0.115. The molecule has 1 atom stereocenters. The van der Waals surface area contributed by atoms with Crippen LogP contribution in [0.15, 0.2) is 48.7 Å². The van der Waals surface area contributed by atoms with Crippen LogP contribution in [0.25, 0.3) is 0 Å². The molecule has 1 saturated heterocycles. The van der Waals surface area contributed by atoms with E-state index in [0.29, 0.717) is 10.8 Å². The van der Waals surface area contributed by atoms with Crippen LogP contribution in [0.5, 0.6) is 0 Å². The molecular formula is C14H11ClN2OS. The number of carbonyl (C=O) groups excluding carboxylic acids is 1. The fourth-order valence-electron chi connectivity index (χ4n) is 2.07. The monoisotopic (exact) mass is 290 g/mol. The Bertz CT molecular complexity index is 605. The molecule has 96 valence electrons. The van der Waals surface area contributed by atoms with Gasteiger partial charge in [-0.3, -0.25) is 14.7 Å². The molecule has 0 saturated carbocycles. The third-order valence-corrected chi connectivity index (χ3v) is 4.31. The Kier molecular flexibility index (Phi) is 3.44. The second-order valence-electron chi connectivity index (χ2n) is 4.16. The van der Waals surface area contributed by atoms with Gasteiger partial charge in [0, 0.05) is 16.9 Å². The summed E-state index contributed by atoms with van der Waals surface area (Å²) in [6.45, 7) is 0. The number of carbonyl (C=O) groups is 1. The average molecular weight is 291 g/mol. The maximum Gasteiger partial charge on any atom is 0.238 e. The van der Waals surface area contributed by atoms with Gasteiger partial charge >= 0.3 is 0 Å². The summed E-state index contributed by atoms with van der Waals surface area (Å²) in [6.07, 6.45) is 1.74. The van der Waals surface area contributed by atoms with E-state index in [-0.39, 0.29) is 11.3 Å². The molecule has 3 rings (SSSR count). The number of hydrogen-bond acceptors (Lipinski definition) is 3. The van der Waals surface area contributed by atoms with Crippen molar-refractivity contribution in [1.29, 1.82) is 0 Å². The molecule has 0 radical (unpaired) electrons. The zero-order valence-electron chi connectivity index (χ0n) is 9.99. The Hall–Kier alpha value is -1.52. The van der Waals surface area contributed by atoms with E-state index in [9.17, 15) is 4.79 Å². The highest BCUT2D eigenvalue weighted by Gasteiger charge is 2.34. The van der Waals surface area contributed by atoms with Crippen LogP contribution in [0.1, 0.15) is 11.1 Å². The number of rotatable bonds is 2. The summed E-state index contributed by atoms with van der Waals surface area (Å²) in [4.78, 5) is 18.2. The number of benzene rings is 1. The number of amides is 1. The quantitative estimate of drug-likeness (QED) is 0.848. The molecule has 19 heavy (non-hydrogen) atoms. The van der Waals surface area contributed by atoms with E-state index in [2.05, 4.69) is 4.98 Å². The minimum absolute atomic E-state index is 0.0767. The molecule has 5 heteroatoms. The Labute approximate surface area is 120 Å². The first-order valence-electron chi connectivity index (χ1n) is 5.86. The molecule has 2 heterocycles. The van der Waals surface area contributed by atoms with Crippen molar-refractivity contribution >= 4 is 35.0 Å². The van der Waals surface area contributed by atoms with E-state index >= 15 is 0 Å². The molecular weight excluding hydrogens is 280 g/mol. The van der Waals surface area contributed by atoms with Gasteiger partial charge in [0.05, 0.1) is 11.4 Å². The Morgan fingerprint density at radius 2 is 2.16 bits per heavy atom. The maximum atomic E-state index is 12.1. The van der Waals surface area contributed by atoms with Gasteiger partial charge in [-0.15, -0.1) is 11.8 Å².